The van der Waals surface area contributed by atoms with Crippen LogP contribution in [0.2, 0.25) is 0 Å². The van der Waals surface area contributed by atoms with Crippen molar-refractivity contribution in [2.45, 2.75) is 0 Å². The lowest BCUT2D eigenvalue weighted by Crippen LogP contribution is -2.09. The minimum absolute atomic E-state index is 0.155. The van der Waals surface area contributed by atoms with Crippen LogP contribution in [0.25, 0.3) is 69.6 Å². The predicted octanol–water partition coefficient (Wildman–Crippen LogP) is 12.8. The first-order valence-corrected chi connectivity index (χ1v) is 16.7. The molecule has 14 heteroatoms. The van der Waals surface area contributed by atoms with Crippen LogP contribution in [0, 0.1) is 46.5 Å². The van der Waals surface area contributed by atoms with Gasteiger partial charge in [-0.2, -0.15) is 0 Å². The molecule has 210 valence electrons. The first kappa shape index (κ1) is 26.7. The second-order valence-electron chi connectivity index (χ2n) is 9.05. The molecule has 0 N–H and O–H groups in total. The van der Waals surface area contributed by atoms with E-state index in [9.17, 15) is 0 Å². The Balaban J connectivity index is 1.31. The van der Waals surface area contributed by atoms with Gasteiger partial charge in [-0.15, -0.1) is 68.0 Å². The van der Waals surface area contributed by atoms with Gasteiger partial charge < -0.3 is 0 Å². The summed E-state index contributed by atoms with van der Waals surface area (Å²) in [6.45, 7) is 0. The maximum Gasteiger partial charge on any atom is 0.171 e. The van der Waals surface area contributed by atoms with Crippen LogP contribution in [-0.2, 0) is 0 Å². The predicted molar refractivity (Wildman–Crippen MR) is 160 cm³/mol. The van der Waals surface area contributed by atoms with Crippen LogP contribution in [0.3, 0.4) is 0 Å². The quantitative estimate of drug-likeness (QED) is 0.128. The van der Waals surface area contributed by atoms with Crippen LogP contribution >= 0.6 is 68.0 Å². The van der Waals surface area contributed by atoms with Gasteiger partial charge in [0.15, 0.2) is 46.5 Å². The summed E-state index contributed by atoms with van der Waals surface area (Å²) in [4.78, 5) is -0.311. The normalized spacial score (nSPS) is 12.3. The molecular formula is C28H6F8S6. The lowest BCUT2D eigenvalue weighted by atomic mass is 9.96. The van der Waals surface area contributed by atoms with Crippen molar-refractivity contribution in [2.24, 2.45) is 0 Å². The van der Waals surface area contributed by atoms with E-state index in [0.717, 1.165) is 41.5 Å². The largest absolute Gasteiger partial charge is 0.203 e. The molecular weight excluding hydrogens is 681 g/mol. The lowest BCUT2D eigenvalue weighted by Gasteiger charge is -2.15. The van der Waals surface area contributed by atoms with E-state index >= 15 is 35.1 Å². The second kappa shape index (κ2) is 9.31. The Labute approximate surface area is 252 Å². The number of fused-ring (bicyclic) bond motifs is 6. The molecule has 42 heavy (non-hydrogen) atoms. The van der Waals surface area contributed by atoms with E-state index in [0.29, 0.717) is 18.8 Å². The molecule has 0 unspecified atom stereocenters. The average molecular weight is 687 g/mol. The van der Waals surface area contributed by atoms with Crippen LogP contribution in [0.5, 0.6) is 0 Å². The number of rotatable bonds is 3. The molecule has 0 fully saturated rings. The number of halogens is 8. The van der Waals surface area contributed by atoms with Crippen LogP contribution in [0.4, 0.5) is 35.1 Å². The van der Waals surface area contributed by atoms with E-state index in [1.165, 1.54) is 57.5 Å². The molecule has 0 aliphatic carbocycles. The Morgan fingerprint density at radius 2 is 0.690 bits per heavy atom. The van der Waals surface area contributed by atoms with Crippen LogP contribution in [-0.4, -0.2) is 0 Å². The zero-order valence-electron chi connectivity index (χ0n) is 19.9. The molecule has 0 saturated heterocycles. The number of hydrogen-bond acceptors (Lipinski definition) is 6. The number of thiophene rings is 6. The molecule has 6 aromatic heterocycles. The summed E-state index contributed by atoms with van der Waals surface area (Å²) in [6.07, 6.45) is 0. The molecule has 0 aliphatic heterocycles. The first-order valence-electron chi connectivity index (χ1n) is 11.7. The van der Waals surface area contributed by atoms with Crippen LogP contribution in [0.1, 0.15) is 0 Å². The van der Waals surface area contributed by atoms with E-state index in [4.69, 9.17) is 0 Å². The minimum Gasteiger partial charge on any atom is -0.203 e. The average Bonchev–Trinajstić information content (AvgIpc) is 3.77. The van der Waals surface area contributed by atoms with Crippen molar-refractivity contribution in [3.63, 3.8) is 0 Å². The summed E-state index contributed by atoms with van der Waals surface area (Å²) in [6, 6.07) is 6.45. The highest BCUT2D eigenvalue weighted by Crippen LogP contribution is 2.50. The fraction of sp³-hybridized carbons (Fsp3) is 0. The number of benzene rings is 2. The topological polar surface area (TPSA) is 0 Å². The van der Waals surface area contributed by atoms with E-state index in [-0.39, 0.29) is 9.75 Å². The van der Waals surface area contributed by atoms with E-state index < -0.39 is 68.8 Å². The molecule has 0 nitrogen and oxygen atoms in total. The smallest absolute Gasteiger partial charge is 0.171 e. The first-order chi connectivity index (χ1) is 20.2. The lowest BCUT2D eigenvalue weighted by molar-refractivity contribution is 0.446. The van der Waals surface area contributed by atoms with Gasteiger partial charge in [0, 0.05) is 28.6 Å². The highest BCUT2D eigenvalue weighted by atomic mass is 32.1. The molecule has 0 amide bonds. The highest BCUT2D eigenvalue weighted by molar-refractivity contribution is 7.39. The fourth-order valence-electron chi connectivity index (χ4n) is 4.92. The Morgan fingerprint density at radius 1 is 0.357 bits per heavy atom. The summed E-state index contributed by atoms with van der Waals surface area (Å²) < 4.78 is 129. The molecule has 0 radical (unpaired) electrons. The third-order valence-electron chi connectivity index (χ3n) is 6.78. The van der Waals surface area contributed by atoms with Gasteiger partial charge in [-0.1, -0.05) is 0 Å². The molecule has 0 saturated carbocycles. The van der Waals surface area contributed by atoms with Crippen molar-refractivity contribution in [3.05, 3.63) is 81.6 Å². The summed E-state index contributed by atoms with van der Waals surface area (Å²) in [5.41, 5.74) is -5.91. The highest BCUT2D eigenvalue weighted by Gasteiger charge is 2.35. The van der Waals surface area contributed by atoms with Crippen molar-refractivity contribution in [2.75, 3.05) is 0 Å². The van der Waals surface area contributed by atoms with Gasteiger partial charge in [-0.3, -0.25) is 0 Å². The van der Waals surface area contributed by atoms with Gasteiger partial charge in [0.2, 0.25) is 0 Å². The van der Waals surface area contributed by atoms with Crippen molar-refractivity contribution in [1.82, 2.24) is 0 Å². The van der Waals surface area contributed by atoms with Gasteiger partial charge in [0.05, 0.1) is 41.1 Å². The van der Waals surface area contributed by atoms with E-state index in [1.54, 1.807) is 0 Å². The molecule has 0 spiro atoms. The molecule has 0 aliphatic rings. The summed E-state index contributed by atoms with van der Waals surface area (Å²) >= 11 is 7.21. The van der Waals surface area contributed by atoms with Crippen molar-refractivity contribution >= 4 is 106 Å². The summed E-state index contributed by atoms with van der Waals surface area (Å²) in [5.74, 6) is -16.5. The third kappa shape index (κ3) is 3.53. The van der Waals surface area contributed by atoms with Gasteiger partial charge >= 0.3 is 0 Å². The van der Waals surface area contributed by atoms with Gasteiger partial charge in [0.1, 0.15) is 0 Å². The third-order valence-corrected chi connectivity index (χ3v) is 14.0. The monoisotopic (exact) mass is 686 g/mol. The van der Waals surface area contributed by atoms with Crippen molar-refractivity contribution < 1.29 is 35.1 Å². The summed E-state index contributed by atoms with van der Waals surface area (Å²) in [5, 5.41) is 3.65. The Kier molecular flexibility index (Phi) is 5.92. The molecule has 8 rings (SSSR count). The second-order valence-corrected chi connectivity index (χ2v) is 15.2. The van der Waals surface area contributed by atoms with E-state index in [2.05, 4.69) is 0 Å². The standard InChI is InChI=1S/C28H6F8S6/c29-17-13(9-5-11-27(41-9)25-7(39-11)1-3-37-25)18(30)22(34)15(21(17)33)16-23(35)19(31)14(20(32)24(16)36)10-6-12-28(42-10)26-8(40-12)2-4-38-26/h1-6H. The van der Waals surface area contributed by atoms with Gasteiger partial charge in [0.25, 0.3) is 0 Å². The van der Waals surface area contributed by atoms with Crippen molar-refractivity contribution in [3.8, 4) is 32.0 Å². The maximum atomic E-state index is 15.4. The molecule has 6 heterocycles. The van der Waals surface area contributed by atoms with E-state index in [1.807, 2.05) is 22.9 Å². The molecule has 0 bridgehead atoms. The number of hydrogen-bond donors (Lipinski definition) is 0. The Morgan fingerprint density at radius 3 is 1.05 bits per heavy atom. The molecule has 8 aromatic rings. The zero-order chi connectivity index (χ0) is 29.2. The van der Waals surface area contributed by atoms with Gasteiger partial charge in [-0.05, 0) is 35.0 Å². The van der Waals surface area contributed by atoms with Crippen molar-refractivity contribution in [1.29, 1.82) is 0 Å². The molecule has 2 aromatic carbocycles. The molecule has 0 atom stereocenters. The zero-order valence-corrected chi connectivity index (χ0v) is 24.8. The van der Waals surface area contributed by atoms with Crippen LogP contribution < -0.4 is 0 Å². The SMILES string of the molecule is Fc1c(F)c(-c2c(F)c(F)c(-c3cc4sc5ccsc5c4s3)c(F)c2F)c(F)c(F)c1-c1cc2sc3ccsc3c2s1. The fourth-order valence-corrected chi connectivity index (χ4v) is 12.5. The van der Waals surface area contributed by atoms with Crippen LogP contribution in [0.15, 0.2) is 35.0 Å². The maximum absolute atomic E-state index is 15.4. The Hall–Kier alpha value is -2.88. The van der Waals surface area contributed by atoms with Gasteiger partial charge in [-0.25, -0.2) is 35.1 Å². The minimum atomic E-state index is -2.18. The summed E-state index contributed by atoms with van der Waals surface area (Å²) in [7, 11) is 0. The Bertz CT molecular complexity index is 2190.